The summed E-state index contributed by atoms with van der Waals surface area (Å²) < 4.78 is 10.7. The molecule has 2 heteroatoms. The lowest BCUT2D eigenvalue weighted by Gasteiger charge is -2.08. The van der Waals surface area contributed by atoms with Crippen molar-refractivity contribution >= 4 is 11.0 Å². The van der Waals surface area contributed by atoms with Gasteiger partial charge in [0.25, 0.3) is 0 Å². The minimum absolute atomic E-state index is 0.191. The second kappa shape index (κ2) is 3.13. The maximum absolute atomic E-state index is 5.52. The molecule has 13 heavy (non-hydrogen) atoms. The summed E-state index contributed by atoms with van der Waals surface area (Å²) in [4.78, 5) is 0. The van der Waals surface area contributed by atoms with E-state index >= 15 is 0 Å². The molecule has 1 aromatic heterocycles. The fourth-order valence-corrected chi connectivity index (χ4v) is 1.22. The molecule has 67 valence electrons. The highest BCUT2D eigenvalue weighted by molar-refractivity contribution is 5.78. The highest BCUT2D eigenvalue weighted by Crippen LogP contribution is 2.21. The van der Waals surface area contributed by atoms with E-state index in [4.69, 9.17) is 9.15 Å². The highest BCUT2D eigenvalue weighted by atomic mass is 16.5. The van der Waals surface area contributed by atoms with Crippen LogP contribution < -0.4 is 4.74 Å². The molecule has 2 aromatic rings. The van der Waals surface area contributed by atoms with Gasteiger partial charge < -0.3 is 9.15 Å². The molecule has 2 nitrogen and oxygen atoms in total. The quantitative estimate of drug-likeness (QED) is 0.700. The van der Waals surface area contributed by atoms with Gasteiger partial charge in [-0.15, -0.1) is 0 Å². The average Bonchev–Trinajstić information content (AvgIpc) is 2.49. The third-order valence-corrected chi connectivity index (χ3v) is 1.74. The topological polar surface area (TPSA) is 22.4 Å². The summed E-state index contributed by atoms with van der Waals surface area (Å²) in [6, 6.07) is 7.60. The first-order chi connectivity index (χ1) is 6.25. The molecule has 0 aliphatic rings. The van der Waals surface area contributed by atoms with Crippen molar-refractivity contribution in [2.45, 2.75) is 20.0 Å². The summed E-state index contributed by atoms with van der Waals surface area (Å²) in [5.41, 5.74) is 0.818. The normalized spacial score (nSPS) is 11.0. The van der Waals surface area contributed by atoms with Gasteiger partial charge >= 0.3 is 0 Å². The van der Waals surface area contributed by atoms with Crippen LogP contribution in [-0.4, -0.2) is 6.10 Å². The van der Waals surface area contributed by atoms with Gasteiger partial charge in [0.05, 0.1) is 6.10 Å². The van der Waals surface area contributed by atoms with Gasteiger partial charge in [-0.1, -0.05) is 0 Å². The number of hydrogen-bond donors (Lipinski definition) is 0. The van der Waals surface area contributed by atoms with Crippen LogP contribution in [0.5, 0.6) is 5.75 Å². The third-order valence-electron chi connectivity index (χ3n) is 1.74. The molecule has 0 unspecified atom stereocenters. The molecule has 1 heterocycles. The molecule has 0 fully saturated rings. The smallest absolute Gasteiger partial charge is 0.170 e. The highest BCUT2D eigenvalue weighted by Gasteiger charge is 2.01. The van der Waals surface area contributed by atoms with Crippen molar-refractivity contribution in [2.24, 2.45) is 0 Å². The lowest BCUT2D eigenvalue weighted by atomic mass is 10.2. The lowest BCUT2D eigenvalue weighted by Crippen LogP contribution is -2.04. The first kappa shape index (κ1) is 8.17. The van der Waals surface area contributed by atoms with Gasteiger partial charge in [0.15, 0.2) is 6.26 Å². The Morgan fingerprint density at radius 3 is 3.00 bits per heavy atom. The van der Waals surface area contributed by atoms with Crippen molar-refractivity contribution in [3.8, 4) is 5.75 Å². The van der Waals surface area contributed by atoms with Crippen LogP contribution in [-0.2, 0) is 0 Å². The number of fused-ring (bicyclic) bond motifs is 1. The average molecular weight is 175 g/mol. The molecule has 1 aromatic carbocycles. The van der Waals surface area contributed by atoms with Crippen LogP contribution in [0.1, 0.15) is 13.8 Å². The van der Waals surface area contributed by atoms with Crippen LogP contribution in [0.4, 0.5) is 0 Å². The van der Waals surface area contributed by atoms with E-state index in [1.54, 1.807) is 0 Å². The Balaban J connectivity index is 2.37. The Kier molecular flexibility index (Phi) is 1.97. The van der Waals surface area contributed by atoms with E-state index in [0.29, 0.717) is 0 Å². The van der Waals surface area contributed by atoms with E-state index in [2.05, 4.69) is 6.26 Å². The molecule has 0 aliphatic carbocycles. The van der Waals surface area contributed by atoms with Crippen LogP contribution in [0.3, 0.4) is 0 Å². The molecular weight excluding hydrogens is 164 g/mol. The first-order valence-electron chi connectivity index (χ1n) is 4.32. The van der Waals surface area contributed by atoms with Crippen LogP contribution >= 0.6 is 0 Å². The maximum atomic E-state index is 5.52. The van der Waals surface area contributed by atoms with Crippen LogP contribution in [0.2, 0.25) is 0 Å². The Morgan fingerprint density at radius 1 is 1.38 bits per heavy atom. The van der Waals surface area contributed by atoms with Crippen LogP contribution in [0, 0.1) is 6.26 Å². The number of rotatable bonds is 2. The summed E-state index contributed by atoms with van der Waals surface area (Å²) in [5, 5.41) is 1.05. The van der Waals surface area contributed by atoms with E-state index in [1.165, 1.54) is 0 Å². The van der Waals surface area contributed by atoms with Gasteiger partial charge in [-0.3, -0.25) is 0 Å². The lowest BCUT2D eigenvalue weighted by molar-refractivity contribution is 0.242. The van der Waals surface area contributed by atoms with E-state index in [9.17, 15) is 0 Å². The Labute approximate surface area is 77.1 Å². The summed E-state index contributed by atoms with van der Waals surface area (Å²) >= 11 is 0. The zero-order valence-corrected chi connectivity index (χ0v) is 7.70. The molecule has 2 rings (SSSR count). The second-order valence-corrected chi connectivity index (χ2v) is 3.23. The van der Waals surface area contributed by atoms with E-state index in [1.807, 2.05) is 38.1 Å². The van der Waals surface area contributed by atoms with E-state index < -0.39 is 0 Å². The summed E-state index contributed by atoms with van der Waals surface area (Å²) in [7, 11) is 0. The van der Waals surface area contributed by atoms with Crippen molar-refractivity contribution in [1.29, 1.82) is 0 Å². The van der Waals surface area contributed by atoms with Gasteiger partial charge in [-0.05, 0) is 32.0 Å². The van der Waals surface area contributed by atoms with E-state index in [0.717, 1.165) is 16.7 Å². The summed E-state index contributed by atoms with van der Waals surface area (Å²) in [5.74, 6) is 0.839. The molecule has 0 spiro atoms. The predicted molar refractivity (Wildman–Crippen MR) is 50.8 cm³/mol. The Hall–Kier alpha value is -1.44. The van der Waals surface area contributed by atoms with Gasteiger partial charge in [0.2, 0.25) is 0 Å². The van der Waals surface area contributed by atoms with Gasteiger partial charge in [-0.25, -0.2) is 0 Å². The standard InChI is InChI=1S/C11H11O2/c1-8(2)13-10-4-3-9-5-6-12-11(9)7-10/h3-5,7-8H,1-2H3. The molecule has 0 atom stereocenters. The van der Waals surface area contributed by atoms with Crippen molar-refractivity contribution < 1.29 is 9.15 Å². The minimum atomic E-state index is 0.191. The van der Waals surface area contributed by atoms with E-state index in [-0.39, 0.29) is 6.10 Å². The molecule has 0 bridgehead atoms. The van der Waals surface area contributed by atoms with Gasteiger partial charge in [0, 0.05) is 11.5 Å². The van der Waals surface area contributed by atoms with Crippen molar-refractivity contribution in [3.63, 3.8) is 0 Å². The fraction of sp³-hybridized carbons (Fsp3) is 0.273. The van der Waals surface area contributed by atoms with Crippen LogP contribution in [0.15, 0.2) is 28.7 Å². The molecular formula is C11H11O2. The largest absolute Gasteiger partial charge is 0.491 e. The fourth-order valence-electron chi connectivity index (χ4n) is 1.22. The molecule has 0 saturated heterocycles. The van der Waals surface area contributed by atoms with Gasteiger partial charge in [-0.2, -0.15) is 0 Å². The van der Waals surface area contributed by atoms with Crippen molar-refractivity contribution in [2.75, 3.05) is 0 Å². The number of ether oxygens (including phenoxy) is 1. The Bertz CT molecular complexity index is 401. The molecule has 0 N–H and O–H groups in total. The molecule has 1 radical (unpaired) electrons. The predicted octanol–water partition coefficient (Wildman–Crippen LogP) is 3.02. The molecule has 0 saturated carbocycles. The van der Waals surface area contributed by atoms with Crippen LogP contribution in [0.25, 0.3) is 11.0 Å². The van der Waals surface area contributed by atoms with Crippen molar-refractivity contribution in [1.82, 2.24) is 0 Å². The zero-order valence-electron chi connectivity index (χ0n) is 7.70. The zero-order chi connectivity index (χ0) is 9.26. The molecule has 0 aliphatic heterocycles. The molecule has 0 amide bonds. The third kappa shape index (κ3) is 1.66. The number of hydrogen-bond acceptors (Lipinski definition) is 2. The monoisotopic (exact) mass is 175 g/mol. The number of furan rings is 1. The Morgan fingerprint density at radius 2 is 2.23 bits per heavy atom. The summed E-state index contributed by atoms with van der Waals surface area (Å²) in [6.07, 6.45) is 2.88. The number of benzene rings is 1. The minimum Gasteiger partial charge on any atom is -0.491 e. The maximum Gasteiger partial charge on any atom is 0.170 e. The van der Waals surface area contributed by atoms with Crippen molar-refractivity contribution in [3.05, 3.63) is 30.5 Å². The SMILES string of the molecule is CC(C)Oc1ccc2c[c]oc2c1. The first-order valence-corrected chi connectivity index (χ1v) is 4.32. The summed E-state index contributed by atoms with van der Waals surface area (Å²) in [6.45, 7) is 4.00. The van der Waals surface area contributed by atoms with Gasteiger partial charge in [0.1, 0.15) is 11.3 Å². The second-order valence-electron chi connectivity index (χ2n) is 3.23.